The van der Waals surface area contributed by atoms with Crippen LogP contribution < -0.4 is 15.0 Å². The van der Waals surface area contributed by atoms with Gasteiger partial charge < -0.3 is 15.0 Å². The van der Waals surface area contributed by atoms with Crippen LogP contribution in [0.5, 0.6) is 5.75 Å². The van der Waals surface area contributed by atoms with Crippen LogP contribution in [-0.2, 0) is 10.0 Å². The largest absolute Gasteiger partial charge is 0.494 e. The number of fused-ring (bicyclic) bond motifs is 1. The molecule has 1 aliphatic heterocycles. The van der Waals surface area contributed by atoms with Gasteiger partial charge in [0.15, 0.2) is 0 Å². The summed E-state index contributed by atoms with van der Waals surface area (Å²) in [6, 6.07) is 12.1. The van der Waals surface area contributed by atoms with Crippen molar-refractivity contribution in [1.29, 1.82) is 0 Å². The molecule has 0 amide bonds. The van der Waals surface area contributed by atoms with E-state index in [0.717, 1.165) is 31.9 Å². The third kappa shape index (κ3) is 3.26. The second kappa shape index (κ2) is 7.21. The molecule has 0 radical (unpaired) electrons. The molecule has 0 aliphatic carbocycles. The summed E-state index contributed by atoms with van der Waals surface area (Å²) in [4.78, 5) is 6.87. The van der Waals surface area contributed by atoms with Gasteiger partial charge in [-0.2, -0.15) is 0 Å². The highest BCUT2D eigenvalue weighted by Gasteiger charge is 2.22. The van der Waals surface area contributed by atoms with Gasteiger partial charge in [0.1, 0.15) is 17.6 Å². The third-order valence-corrected chi connectivity index (χ3v) is 6.35. The van der Waals surface area contributed by atoms with E-state index in [1.807, 2.05) is 19.1 Å². The zero-order valence-corrected chi connectivity index (χ0v) is 15.9. The highest BCUT2D eigenvalue weighted by Crippen LogP contribution is 2.28. The van der Waals surface area contributed by atoms with Crippen molar-refractivity contribution in [3.63, 3.8) is 0 Å². The van der Waals surface area contributed by atoms with Gasteiger partial charge in [0, 0.05) is 26.2 Å². The number of hydrogen-bond acceptors (Lipinski definition) is 6. The smallest absolute Gasteiger partial charge is 0.269 e. The number of nitrogens with one attached hydrogen (secondary N) is 1. The van der Waals surface area contributed by atoms with Crippen LogP contribution in [0.4, 0.5) is 5.69 Å². The molecule has 4 rings (SSSR count). The average molecular weight is 386 g/mol. The number of aromatic nitrogens is 2. The van der Waals surface area contributed by atoms with E-state index >= 15 is 0 Å². The van der Waals surface area contributed by atoms with E-state index in [1.165, 1.54) is 10.3 Å². The third-order valence-electron chi connectivity index (χ3n) is 4.67. The van der Waals surface area contributed by atoms with Gasteiger partial charge in [-0.05, 0) is 43.3 Å². The molecule has 1 fully saturated rings. The predicted octanol–water partition coefficient (Wildman–Crippen LogP) is 2.08. The van der Waals surface area contributed by atoms with Crippen molar-refractivity contribution in [3.8, 4) is 5.75 Å². The number of nitrogens with zero attached hydrogens (tertiary/aromatic N) is 3. The van der Waals surface area contributed by atoms with Crippen molar-refractivity contribution in [2.75, 3.05) is 37.7 Å². The minimum Gasteiger partial charge on any atom is -0.494 e. The first-order valence-electron chi connectivity index (χ1n) is 9.01. The number of imidazole rings is 1. The van der Waals surface area contributed by atoms with E-state index in [9.17, 15) is 8.42 Å². The standard InChI is InChI=1S/C19H22N4O3S/c1-2-26-15-6-8-16(9-7-15)27(24,25)23-14-21-19-17(4-3-5-18(19)23)22-12-10-20-11-13-22/h3-9,14,20H,2,10-13H2,1H3. The summed E-state index contributed by atoms with van der Waals surface area (Å²) in [6.45, 7) is 5.98. The Kier molecular flexibility index (Phi) is 4.75. The molecule has 1 aliphatic rings. The summed E-state index contributed by atoms with van der Waals surface area (Å²) in [5.41, 5.74) is 2.25. The fraction of sp³-hybridized carbons (Fsp3) is 0.316. The molecule has 3 aromatic rings. The lowest BCUT2D eigenvalue weighted by Crippen LogP contribution is -2.43. The zero-order chi connectivity index (χ0) is 18.9. The van der Waals surface area contributed by atoms with Gasteiger partial charge in [0.05, 0.1) is 22.7 Å². The minimum atomic E-state index is -3.73. The molecule has 142 valence electrons. The number of piperazine rings is 1. The molecule has 2 aromatic carbocycles. The van der Waals surface area contributed by atoms with Gasteiger partial charge in [-0.3, -0.25) is 0 Å². The molecule has 7 nitrogen and oxygen atoms in total. The van der Waals surface area contributed by atoms with Gasteiger partial charge in [-0.25, -0.2) is 17.4 Å². The fourth-order valence-electron chi connectivity index (χ4n) is 3.34. The number of anilines is 1. The van der Waals surface area contributed by atoms with E-state index in [-0.39, 0.29) is 4.90 Å². The first-order valence-corrected chi connectivity index (χ1v) is 10.5. The molecule has 27 heavy (non-hydrogen) atoms. The monoisotopic (exact) mass is 386 g/mol. The zero-order valence-electron chi connectivity index (χ0n) is 15.1. The summed E-state index contributed by atoms with van der Waals surface area (Å²) in [5.74, 6) is 0.646. The van der Waals surface area contributed by atoms with Crippen LogP contribution in [0.15, 0.2) is 53.7 Å². The summed E-state index contributed by atoms with van der Waals surface area (Å²) < 4.78 is 32.9. The topological polar surface area (TPSA) is 76.5 Å². The maximum absolute atomic E-state index is 13.1. The second-order valence-electron chi connectivity index (χ2n) is 6.33. The Morgan fingerprint density at radius 3 is 2.56 bits per heavy atom. The second-order valence-corrected chi connectivity index (χ2v) is 8.15. The van der Waals surface area contributed by atoms with Crippen molar-refractivity contribution < 1.29 is 13.2 Å². The van der Waals surface area contributed by atoms with Crippen molar-refractivity contribution in [2.45, 2.75) is 11.8 Å². The van der Waals surface area contributed by atoms with E-state index in [4.69, 9.17) is 4.74 Å². The lowest BCUT2D eigenvalue weighted by Gasteiger charge is -2.29. The lowest BCUT2D eigenvalue weighted by atomic mass is 10.2. The van der Waals surface area contributed by atoms with Crippen LogP contribution in [-0.4, -0.2) is 50.2 Å². The highest BCUT2D eigenvalue weighted by molar-refractivity contribution is 7.90. The Morgan fingerprint density at radius 2 is 1.85 bits per heavy atom. The summed E-state index contributed by atoms with van der Waals surface area (Å²) >= 11 is 0. The Balaban J connectivity index is 1.75. The number of benzene rings is 2. The molecule has 0 bridgehead atoms. The SMILES string of the molecule is CCOc1ccc(S(=O)(=O)n2cnc3c(N4CCNCC4)cccc32)cc1. The molecule has 1 saturated heterocycles. The van der Waals surface area contributed by atoms with Crippen molar-refractivity contribution in [2.24, 2.45) is 0 Å². The van der Waals surface area contributed by atoms with Crippen LogP contribution in [0, 0.1) is 0 Å². The summed E-state index contributed by atoms with van der Waals surface area (Å²) in [6.07, 6.45) is 1.39. The normalized spacial score (nSPS) is 15.2. The van der Waals surface area contributed by atoms with Gasteiger partial charge in [-0.1, -0.05) is 6.07 Å². The summed E-state index contributed by atoms with van der Waals surface area (Å²) in [7, 11) is -3.73. The predicted molar refractivity (Wildman–Crippen MR) is 105 cm³/mol. The maximum atomic E-state index is 13.1. The van der Waals surface area contributed by atoms with Gasteiger partial charge in [0.2, 0.25) is 0 Å². The maximum Gasteiger partial charge on any atom is 0.269 e. The van der Waals surface area contributed by atoms with Crippen molar-refractivity contribution in [1.82, 2.24) is 14.3 Å². The van der Waals surface area contributed by atoms with Crippen molar-refractivity contribution >= 4 is 26.7 Å². The molecule has 1 aromatic heterocycles. The first kappa shape index (κ1) is 17.8. The first-order chi connectivity index (χ1) is 13.1. The molecule has 8 heteroatoms. The van der Waals surface area contributed by atoms with E-state index in [2.05, 4.69) is 15.2 Å². The summed E-state index contributed by atoms with van der Waals surface area (Å²) in [5, 5.41) is 3.32. The van der Waals surface area contributed by atoms with Crippen LogP contribution in [0.2, 0.25) is 0 Å². The number of para-hydroxylation sites is 1. The number of ether oxygens (including phenoxy) is 1. The van der Waals surface area contributed by atoms with Crippen LogP contribution in [0.3, 0.4) is 0 Å². The average Bonchev–Trinajstić information content (AvgIpc) is 3.14. The highest BCUT2D eigenvalue weighted by atomic mass is 32.2. The molecule has 0 spiro atoms. The molecular formula is C19H22N4O3S. The Morgan fingerprint density at radius 1 is 1.11 bits per heavy atom. The number of hydrogen-bond donors (Lipinski definition) is 1. The molecule has 1 N–H and O–H groups in total. The quantitative estimate of drug-likeness (QED) is 0.724. The Labute approximate surface area is 158 Å². The molecular weight excluding hydrogens is 364 g/mol. The van der Waals surface area contributed by atoms with Crippen LogP contribution in [0.1, 0.15) is 6.92 Å². The van der Waals surface area contributed by atoms with Gasteiger partial charge >= 0.3 is 0 Å². The molecule has 0 unspecified atom stereocenters. The fourth-order valence-corrected chi connectivity index (χ4v) is 4.63. The van der Waals surface area contributed by atoms with Crippen molar-refractivity contribution in [3.05, 3.63) is 48.8 Å². The van der Waals surface area contributed by atoms with E-state index in [1.54, 1.807) is 30.3 Å². The van der Waals surface area contributed by atoms with E-state index in [0.29, 0.717) is 23.4 Å². The molecule has 2 heterocycles. The lowest BCUT2D eigenvalue weighted by molar-refractivity contribution is 0.340. The Hall–Kier alpha value is -2.58. The minimum absolute atomic E-state index is 0.206. The van der Waals surface area contributed by atoms with E-state index < -0.39 is 10.0 Å². The number of rotatable bonds is 5. The van der Waals surface area contributed by atoms with Crippen LogP contribution >= 0.6 is 0 Å². The molecule has 0 atom stereocenters. The Bertz CT molecular complexity index is 1040. The van der Waals surface area contributed by atoms with Gasteiger partial charge in [0.25, 0.3) is 10.0 Å². The molecule has 0 saturated carbocycles. The van der Waals surface area contributed by atoms with Crippen LogP contribution in [0.25, 0.3) is 11.0 Å². The van der Waals surface area contributed by atoms with Gasteiger partial charge in [-0.15, -0.1) is 0 Å².